The molecule has 16 heavy (non-hydrogen) atoms. The van der Waals surface area contributed by atoms with Gasteiger partial charge in [0.15, 0.2) is 12.2 Å². The predicted molar refractivity (Wildman–Crippen MR) is 58.7 cm³/mol. The molecule has 0 aliphatic carbocycles. The minimum absolute atomic E-state index is 0.211. The van der Waals surface area contributed by atoms with Crippen molar-refractivity contribution in [3.8, 4) is 0 Å². The van der Waals surface area contributed by atoms with Gasteiger partial charge in [0.2, 0.25) is 5.90 Å². The lowest BCUT2D eigenvalue weighted by Gasteiger charge is -2.24. The summed E-state index contributed by atoms with van der Waals surface area (Å²) in [5.41, 5.74) is 0. The van der Waals surface area contributed by atoms with Crippen LogP contribution in [0.2, 0.25) is 0 Å². The predicted octanol–water partition coefficient (Wildman–Crippen LogP) is -0.310. The highest BCUT2D eigenvalue weighted by atomic mass is 16.5. The lowest BCUT2D eigenvalue weighted by Crippen LogP contribution is -2.42. The highest BCUT2D eigenvalue weighted by molar-refractivity contribution is 5.98. The van der Waals surface area contributed by atoms with E-state index in [0.29, 0.717) is 11.9 Å². The molecule has 2 atom stereocenters. The Labute approximate surface area is 93.4 Å². The number of hydrogen-bond acceptors (Lipinski definition) is 7. The molecule has 0 N–H and O–H groups in total. The van der Waals surface area contributed by atoms with E-state index in [1.807, 2.05) is 11.9 Å². The smallest absolute Gasteiger partial charge is 0.316 e. The van der Waals surface area contributed by atoms with Crippen LogP contribution in [0, 0.1) is 0 Å². The molecule has 0 spiro atoms. The third-order valence-corrected chi connectivity index (χ3v) is 2.51. The zero-order chi connectivity index (χ0) is 11.7. The van der Waals surface area contributed by atoms with Gasteiger partial charge in [-0.1, -0.05) is 0 Å². The van der Waals surface area contributed by atoms with E-state index in [1.54, 1.807) is 14.2 Å². The summed E-state index contributed by atoms with van der Waals surface area (Å²) < 4.78 is 15.3. The normalized spacial score (nSPS) is 27.8. The standard InChI is InChI=1S/C9H14N4O3/c1-13-6-5(10-9(13)16-4)7(14-2)12-8(11-6)15-3/h5-6H,1-4H3. The van der Waals surface area contributed by atoms with Gasteiger partial charge in [0.25, 0.3) is 6.02 Å². The number of methoxy groups -OCH3 is 3. The molecular weight excluding hydrogens is 212 g/mol. The first kappa shape index (κ1) is 10.7. The van der Waals surface area contributed by atoms with Gasteiger partial charge in [0, 0.05) is 7.05 Å². The largest absolute Gasteiger partial charge is 0.482 e. The summed E-state index contributed by atoms with van der Waals surface area (Å²) in [6.45, 7) is 0. The quantitative estimate of drug-likeness (QED) is 0.568. The third kappa shape index (κ3) is 1.48. The molecule has 7 nitrogen and oxygen atoms in total. The molecule has 7 heteroatoms. The van der Waals surface area contributed by atoms with E-state index in [0.717, 1.165) is 0 Å². The van der Waals surface area contributed by atoms with Crippen LogP contribution in [0.1, 0.15) is 0 Å². The van der Waals surface area contributed by atoms with Gasteiger partial charge in [-0.15, -0.1) is 0 Å². The Kier molecular flexibility index (Phi) is 2.67. The van der Waals surface area contributed by atoms with Crippen molar-refractivity contribution in [1.29, 1.82) is 0 Å². The highest BCUT2D eigenvalue weighted by Gasteiger charge is 2.41. The third-order valence-electron chi connectivity index (χ3n) is 2.51. The molecule has 2 heterocycles. The van der Waals surface area contributed by atoms with Crippen LogP contribution in [0.3, 0.4) is 0 Å². The first-order chi connectivity index (χ1) is 7.71. The summed E-state index contributed by atoms with van der Waals surface area (Å²) in [4.78, 5) is 14.5. The number of rotatable bonds is 0. The van der Waals surface area contributed by atoms with Crippen LogP contribution in [0.4, 0.5) is 0 Å². The number of likely N-dealkylation sites (N-methyl/N-ethyl adjacent to an activating group) is 1. The number of ether oxygens (including phenoxy) is 3. The molecule has 88 valence electrons. The Morgan fingerprint density at radius 1 is 1.06 bits per heavy atom. The van der Waals surface area contributed by atoms with Crippen molar-refractivity contribution < 1.29 is 14.2 Å². The monoisotopic (exact) mass is 226 g/mol. The van der Waals surface area contributed by atoms with Crippen molar-refractivity contribution in [2.75, 3.05) is 28.4 Å². The topological polar surface area (TPSA) is 68.0 Å². The van der Waals surface area contributed by atoms with Gasteiger partial charge < -0.3 is 19.1 Å². The van der Waals surface area contributed by atoms with Gasteiger partial charge in [-0.25, -0.2) is 9.98 Å². The summed E-state index contributed by atoms with van der Waals surface area (Å²) >= 11 is 0. The maximum absolute atomic E-state index is 5.18. The molecule has 2 aliphatic heterocycles. The molecule has 0 aromatic rings. The van der Waals surface area contributed by atoms with Crippen molar-refractivity contribution in [1.82, 2.24) is 4.90 Å². The lowest BCUT2D eigenvalue weighted by molar-refractivity contribution is 0.273. The molecule has 0 saturated heterocycles. The maximum atomic E-state index is 5.18. The van der Waals surface area contributed by atoms with Crippen LogP contribution in [-0.2, 0) is 14.2 Å². The number of aliphatic imine (C=N–C) groups is 3. The second-order valence-corrected chi connectivity index (χ2v) is 3.36. The average Bonchev–Trinajstić information content (AvgIpc) is 2.65. The molecular formula is C9H14N4O3. The first-order valence-corrected chi connectivity index (χ1v) is 4.80. The number of fused-ring (bicyclic) bond motifs is 1. The Balaban J connectivity index is 2.33. The van der Waals surface area contributed by atoms with E-state index >= 15 is 0 Å². The average molecular weight is 226 g/mol. The zero-order valence-corrected chi connectivity index (χ0v) is 9.67. The van der Waals surface area contributed by atoms with E-state index < -0.39 is 0 Å². The molecule has 2 unspecified atom stereocenters. The van der Waals surface area contributed by atoms with Gasteiger partial charge in [-0.3, -0.25) is 0 Å². The lowest BCUT2D eigenvalue weighted by atomic mass is 10.2. The fraction of sp³-hybridized carbons (Fsp3) is 0.667. The van der Waals surface area contributed by atoms with Crippen molar-refractivity contribution in [3.63, 3.8) is 0 Å². The molecule has 0 aromatic carbocycles. The summed E-state index contributed by atoms with van der Waals surface area (Å²) in [5, 5.41) is 0. The Morgan fingerprint density at radius 2 is 1.81 bits per heavy atom. The van der Waals surface area contributed by atoms with E-state index in [1.165, 1.54) is 7.11 Å². The number of amidine groups is 2. The highest BCUT2D eigenvalue weighted by Crippen LogP contribution is 2.23. The fourth-order valence-electron chi connectivity index (χ4n) is 1.71. The second kappa shape index (κ2) is 3.99. The van der Waals surface area contributed by atoms with Crippen LogP contribution in [0.25, 0.3) is 0 Å². The molecule has 0 fully saturated rings. The van der Waals surface area contributed by atoms with Gasteiger partial charge in [0.1, 0.15) is 0 Å². The molecule has 0 bridgehead atoms. The van der Waals surface area contributed by atoms with Crippen LogP contribution in [-0.4, -0.2) is 63.4 Å². The number of hydrogen-bond donors (Lipinski definition) is 0. The van der Waals surface area contributed by atoms with Gasteiger partial charge >= 0.3 is 6.02 Å². The van der Waals surface area contributed by atoms with E-state index in [4.69, 9.17) is 14.2 Å². The Bertz CT molecular complexity index is 377. The number of nitrogens with zero attached hydrogens (tertiary/aromatic N) is 4. The van der Waals surface area contributed by atoms with Gasteiger partial charge in [-0.2, -0.15) is 4.99 Å². The molecule has 2 rings (SSSR count). The molecule has 0 aromatic heterocycles. The second-order valence-electron chi connectivity index (χ2n) is 3.36. The zero-order valence-electron chi connectivity index (χ0n) is 9.67. The van der Waals surface area contributed by atoms with Crippen molar-refractivity contribution >= 4 is 17.9 Å². The SMILES string of the molecule is COC1=NC2C(N=C(OC)N2C)C(OC)=N1. The molecule has 0 saturated carbocycles. The summed E-state index contributed by atoms with van der Waals surface area (Å²) in [6.07, 6.45) is -0.211. The van der Waals surface area contributed by atoms with Crippen LogP contribution in [0.5, 0.6) is 0 Å². The first-order valence-electron chi connectivity index (χ1n) is 4.80. The minimum Gasteiger partial charge on any atom is -0.482 e. The minimum atomic E-state index is -0.260. The Hall–Kier alpha value is -1.79. The van der Waals surface area contributed by atoms with Crippen LogP contribution < -0.4 is 0 Å². The van der Waals surface area contributed by atoms with E-state index in [2.05, 4.69) is 15.0 Å². The molecule has 2 aliphatic rings. The van der Waals surface area contributed by atoms with Crippen molar-refractivity contribution in [3.05, 3.63) is 0 Å². The maximum Gasteiger partial charge on any atom is 0.316 e. The molecule has 0 radical (unpaired) electrons. The van der Waals surface area contributed by atoms with Crippen molar-refractivity contribution in [2.45, 2.75) is 12.2 Å². The summed E-state index contributed by atoms with van der Waals surface area (Å²) in [7, 11) is 6.48. The van der Waals surface area contributed by atoms with E-state index in [-0.39, 0.29) is 18.2 Å². The van der Waals surface area contributed by atoms with Gasteiger partial charge in [-0.05, 0) is 0 Å². The fourth-order valence-corrected chi connectivity index (χ4v) is 1.71. The molecule has 0 amide bonds. The van der Waals surface area contributed by atoms with Crippen LogP contribution in [0.15, 0.2) is 15.0 Å². The Morgan fingerprint density at radius 3 is 2.38 bits per heavy atom. The van der Waals surface area contributed by atoms with E-state index in [9.17, 15) is 0 Å². The van der Waals surface area contributed by atoms with Crippen LogP contribution >= 0.6 is 0 Å². The summed E-state index contributed by atoms with van der Waals surface area (Å²) in [5.74, 6) is 0.482. The van der Waals surface area contributed by atoms with Crippen molar-refractivity contribution in [2.24, 2.45) is 15.0 Å². The van der Waals surface area contributed by atoms with Gasteiger partial charge in [0.05, 0.1) is 21.3 Å². The summed E-state index contributed by atoms with van der Waals surface area (Å²) in [6, 6.07) is 0.544.